The molecule has 0 radical (unpaired) electrons. The van der Waals surface area contributed by atoms with E-state index in [-0.39, 0.29) is 6.79 Å². The topological polar surface area (TPSA) is 48.1 Å². The summed E-state index contributed by atoms with van der Waals surface area (Å²) in [7, 11) is 0. The van der Waals surface area contributed by atoms with Crippen LogP contribution in [0, 0.1) is 0 Å². The molecule has 5 rings (SSSR count). The van der Waals surface area contributed by atoms with Crippen molar-refractivity contribution in [2.45, 2.75) is 57.8 Å². The number of rotatable bonds is 7. The summed E-state index contributed by atoms with van der Waals surface area (Å²) >= 11 is 1.65. The van der Waals surface area contributed by atoms with Crippen molar-refractivity contribution in [3.63, 3.8) is 0 Å². The van der Waals surface area contributed by atoms with E-state index in [2.05, 4.69) is 36.6 Å². The van der Waals surface area contributed by atoms with Gasteiger partial charge < -0.3 is 9.47 Å². The zero-order valence-corrected chi connectivity index (χ0v) is 20.0. The summed E-state index contributed by atoms with van der Waals surface area (Å²) in [5.41, 5.74) is 4.68. The lowest BCUT2D eigenvalue weighted by Crippen LogP contribution is -2.13. The summed E-state index contributed by atoms with van der Waals surface area (Å²) in [6, 6.07) is 15.0. The molecule has 0 unspecified atom stereocenters. The molecule has 0 saturated heterocycles. The summed E-state index contributed by atoms with van der Waals surface area (Å²) in [5.74, 6) is 2.26. The van der Waals surface area contributed by atoms with Crippen LogP contribution in [0.3, 0.4) is 0 Å². The summed E-state index contributed by atoms with van der Waals surface area (Å²) in [6.07, 6.45) is 10.8. The van der Waals surface area contributed by atoms with E-state index in [9.17, 15) is 0 Å². The Hall–Kier alpha value is -2.86. The summed E-state index contributed by atoms with van der Waals surface area (Å²) in [6.45, 7) is 3.28. The molecule has 0 amide bonds. The Kier molecular flexibility index (Phi) is 6.91. The van der Waals surface area contributed by atoms with Gasteiger partial charge in [0.2, 0.25) is 11.6 Å². The van der Waals surface area contributed by atoms with Gasteiger partial charge in [0.05, 0.1) is 11.9 Å². The molecule has 33 heavy (non-hydrogen) atoms. The number of fused-ring (bicyclic) bond motifs is 1. The van der Waals surface area contributed by atoms with Gasteiger partial charge in [-0.2, -0.15) is 5.10 Å². The first-order chi connectivity index (χ1) is 16.3. The van der Waals surface area contributed by atoms with Crippen LogP contribution < -0.4 is 14.3 Å². The van der Waals surface area contributed by atoms with Gasteiger partial charge in [0.15, 0.2) is 11.5 Å². The second-order valence-electron chi connectivity index (χ2n) is 8.76. The second kappa shape index (κ2) is 10.4. The highest BCUT2D eigenvalue weighted by Gasteiger charge is 2.16. The molecular weight excluding hydrogens is 430 g/mol. The Morgan fingerprint density at radius 3 is 2.67 bits per heavy atom. The van der Waals surface area contributed by atoms with Crippen LogP contribution in [-0.4, -0.2) is 24.2 Å². The average Bonchev–Trinajstić information content (AvgIpc) is 3.50. The highest BCUT2D eigenvalue weighted by atomic mass is 32.1. The molecule has 6 heteroatoms. The van der Waals surface area contributed by atoms with Crippen molar-refractivity contribution in [3.05, 3.63) is 63.8 Å². The zero-order chi connectivity index (χ0) is 22.5. The first-order valence-corrected chi connectivity index (χ1v) is 12.9. The maximum Gasteiger partial charge on any atom is 0.231 e. The van der Waals surface area contributed by atoms with Crippen LogP contribution in [0.2, 0.25) is 0 Å². The lowest BCUT2D eigenvalue weighted by Gasteiger charge is -2.22. The van der Waals surface area contributed by atoms with E-state index in [1.54, 1.807) is 11.3 Å². The van der Waals surface area contributed by atoms with Crippen LogP contribution in [0.5, 0.6) is 11.5 Å². The van der Waals surface area contributed by atoms with Crippen LogP contribution in [0.4, 0.5) is 0 Å². The minimum absolute atomic E-state index is 0.274. The normalized spacial score (nSPS) is 16.7. The van der Waals surface area contributed by atoms with Crippen LogP contribution in [0.15, 0.2) is 57.9 Å². The van der Waals surface area contributed by atoms with Crippen molar-refractivity contribution in [3.8, 4) is 22.8 Å². The van der Waals surface area contributed by atoms with Crippen molar-refractivity contribution in [1.82, 2.24) is 4.68 Å². The lowest BCUT2D eigenvalue weighted by molar-refractivity contribution is 0.174. The largest absolute Gasteiger partial charge is 0.454 e. The molecule has 0 N–H and O–H groups in total. The molecule has 2 aliphatic rings. The van der Waals surface area contributed by atoms with Gasteiger partial charge >= 0.3 is 0 Å². The molecule has 2 aromatic carbocycles. The van der Waals surface area contributed by atoms with Crippen molar-refractivity contribution >= 4 is 17.6 Å². The highest BCUT2D eigenvalue weighted by molar-refractivity contribution is 7.07. The van der Waals surface area contributed by atoms with E-state index in [1.807, 2.05) is 29.1 Å². The molecule has 3 aromatic rings. The fraction of sp³-hybridized carbons (Fsp3) is 0.407. The Morgan fingerprint density at radius 2 is 1.85 bits per heavy atom. The number of ether oxygens (including phenoxy) is 2. The molecule has 1 aliphatic heterocycles. The Labute approximate surface area is 199 Å². The molecule has 0 atom stereocenters. The molecule has 5 nitrogen and oxygen atoms in total. The molecule has 172 valence electrons. The molecule has 1 aromatic heterocycles. The predicted molar refractivity (Wildman–Crippen MR) is 134 cm³/mol. The maximum absolute atomic E-state index is 5.51. The quantitative estimate of drug-likeness (QED) is 0.295. The minimum atomic E-state index is 0.274. The summed E-state index contributed by atoms with van der Waals surface area (Å²) < 4.78 is 12.9. The van der Waals surface area contributed by atoms with Crippen LogP contribution in [0.25, 0.3) is 11.3 Å². The van der Waals surface area contributed by atoms with Gasteiger partial charge in [-0.05, 0) is 54.5 Å². The van der Waals surface area contributed by atoms with Crippen LogP contribution in [0.1, 0.15) is 68.9 Å². The Balaban J connectivity index is 1.45. The van der Waals surface area contributed by atoms with E-state index in [1.165, 1.54) is 43.2 Å². The van der Waals surface area contributed by atoms with Gasteiger partial charge in [-0.3, -0.25) is 4.99 Å². The third-order valence-corrected chi connectivity index (χ3v) is 7.30. The predicted octanol–water partition coefficient (Wildman–Crippen LogP) is 6.58. The van der Waals surface area contributed by atoms with E-state index in [0.717, 1.165) is 46.9 Å². The van der Waals surface area contributed by atoms with Gasteiger partial charge in [-0.1, -0.05) is 56.9 Å². The van der Waals surface area contributed by atoms with Crippen molar-refractivity contribution in [2.24, 2.45) is 10.1 Å². The first-order valence-electron chi connectivity index (χ1n) is 12.1. The lowest BCUT2D eigenvalue weighted by atomic mass is 9.84. The van der Waals surface area contributed by atoms with Crippen molar-refractivity contribution in [2.75, 3.05) is 13.3 Å². The number of thiazole rings is 1. The van der Waals surface area contributed by atoms with E-state index in [0.29, 0.717) is 5.92 Å². The van der Waals surface area contributed by atoms with E-state index < -0.39 is 0 Å². The average molecular weight is 462 g/mol. The van der Waals surface area contributed by atoms with E-state index >= 15 is 0 Å². The first kappa shape index (κ1) is 22.0. The number of hydrogen-bond acceptors (Lipinski definition) is 5. The van der Waals surface area contributed by atoms with Gasteiger partial charge in [0.1, 0.15) is 0 Å². The van der Waals surface area contributed by atoms with Gasteiger partial charge in [0, 0.05) is 17.5 Å². The monoisotopic (exact) mass is 461 g/mol. The Morgan fingerprint density at radius 1 is 1.03 bits per heavy atom. The Bertz CT molecular complexity index is 1170. The van der Waals surface area contributed by atoms with Crippen molar-refractivity contribution < 1.29 is 9.47 Å². The fourth-order valence-electron chi connectivity index (χ4n) is 4.53. The smallest absolute Gasteiger partial charge is 0.231 e. The number of aromatic nitrogens is 1. The van der Waals surface area contributed by atoms with Gasteiger partial charge in [-0.25, -0.2) is 4.68 Å². The minimum Gasteiger partial charge on any atom is -0.454 e. The molecule has 2 heterocycles. The van der Waals surface area contributed by atoms with Crippen LogP contribution in [-0.2, 0) is 0 Å². The number of benzene rings is 2. The SMILES string of the molecule is CCCCN=c1scc(-c2ccc(C3CCCCC3)cc2)n1/N=C\c1ccc2c(c1)OCO2. The molecular formula is C27H31N3O2S. The highest BCUT2D eigenvalue weighted by Crippen LogP contribution is 2.34. The molecule has 1 fully saturated rings. The summed E-state index contributed by atoms with van der Waals surface area (Å²) in [5, 5.41) is 7.01. The number of hydrogen-bond donors (Lipinski definition) is 0. The standard InChI is InChI=1S/C27H31N3O2S/c1-2-3-15-28-27-30(29-17-20-9-14-25-26(16-20)32-19-31-25)24(18-33-27)23-12-10-22(11-13-23)21-7-5-4-6-8-21/h9-14,16-18,21H,2-8,15,19H2,1H3/b28-27?,29-17-. The van der Waals surface area contributed by atoms with Gasteiger partial charge in [0.25, 0.3) is 0 Å². The molecule has 0 bridgehead atoms. The molecule has 0 spiro atoms. The van der Waals surface area contributed by atoms with Gasteiger partial charge in [-0.15, -0.1) is 11.3 Å². The number of nitrogens with zero attached hydrogens (tertiary/aromatic N) is 3. The zero-order valence-electron chi connectivity index (χ0n) is 19.2. The van der Waals surface area contributed by atoms with E-state index in [4.69, 9.17) is 19.6 Å². The van der Waals surface area contributed by atoms with Crippen molar-refractivity contribution in [1.29, 1.82) is 0 Å². The number of unbranched alkanes of at least 4 members (excludes halogenated alkanes) is 1. The second-order valence-corrected chi connectivity index (χ2v) is 9.60. The third kappa shape index (κ3) is 5.06. The molecule has 1 saturated carbocycles. The summed E-state index contributed by atoms with van der Waals surface area (Å²) in [4.78, 5) is 5.75. The van der Waals surface area contributed by atoms with Crippen LogP contribution >= 0.6 is 11.3 Å². The molecule has 1 aliphatic carbocycles. The fourth-order valence-corrected chi connectivity index (χ4v) is 5.39. The third-order valence-electron chi connectivity index (χ3n) is 6.45. The maximum atomic E-state index is 5.51.